The number of hydrogen-bond acceptors (Lipinski definition) is 4. The second-order valence-electron chi connectivity index (χ2n) is 7.06. The molecule has 0 atom stereocenters. The Bertz CT molecular complexity index is 968. The van der Waals surface area contributed by atoms with Gasteiger partial charge in [-0.3, -0.25) is 4.90 Å². The van der Waals surface area contributed by atoms with Crippen LogP contribution in [0, 0.1) is 11.7 Å². The molecule has 0 radical (unpaired) electrons. The van der Waals surface area contributed by atoms with E-state index in [0.29, 0.717) is 0 Å². The molecule has 1 fully saturated rings. The van der Waals surface area contributed by atoms with E-state index in [0.717, 1.165) is 49.0 Å². The molecule has 27 heavy (non-hydrogen) atoms. The number of aryl methyl sites for hydroxylation is 1. The van der Waals surface area contributed by atoms with Crippen LogP contribution in [0.1, 0.15) is 5.56 Å². The van der Waals surface area contributed by atoms with Crippen molar-refractivity contribution in [2.45, 2.75) is 13.6 Å². The van der Waals surface area contributed by atoms with Crippen LogP contribution in [-0.2, 0) is 13.7 Å². The molecule has 1 saturated heterocycles. The normalized spacial score (nSPS) is 15.3. The highest BCUT2D eigenvalue weighted by Gasteiger charge is 2.19. The van der Waals surface area contributed by atoms with Crippen LogP contribution in [0.5, 0.6) is 0 Å². The lowest BCUT2D eigenvalue weighted by Gasteiger charge is -2.35. The van der Waals surface area contributed by atoms with Gasteiger partial charge in [-0.05, 0) is 36.8 Å². The number of anilines is 1. The molecule has 0 spiro atoms. The molecule has 0 N–H and O–H groups in total. The largest absolute Gasteiger partial charge is 0.369 e. The fraction of sp³-hybridized carbons (Fsp3) is 0.333. The Labute approximate surface area is 165 Å². The summed E-state index contributed by atoms with van der Waals surface area (Å²) in [7, 11) is 2.00. The molecular weight excluding hydrogens is 354 g/mol. The van der Waals surface area contributed by atoms with E-state index < -0.39 is 0 Å². The Morgan fingerprint density at radius 1 is 0.926 bits per heavy atom. The molecule has 3 aromatic rings. The van der Waals surface area contributed by atoms with Gasteiger partial charge in [0.25, 0.3) is 0 Å². The third-order valence-corrected chi connectivity index (χ3v) is 5.74. The van der Waals surface area contributed by atoms with Gasteiger partial charge in [0.15, 0.2) is 10.6 Å². The molecule has 2 aromatic carbocycles. The first-order valence-corrected chi connectivity index (χ1v) is 9.76. The monoisotopic (exact) mass is 379 g/mol. The van der Waals surface area contributed by atoms with Crippen molar-refractivity contribution in [1.29, 1.82) is 0 Å². The van der Waals surface area contributed by atoms with Gasteiger partial charge < -0.3 is 9.47 Å². The first-order valence-electron chi connectivity index (χ1n) is 9.35. The van der Waals surface area contributed by atoms with E-state index >= 15 is 0 Å². The molecule has 1 aliphatic rings. The molecule has 0 aliphatic carbocycles. The number of aromatic nitrogens is 3. The number of nitrogens with zero attached hydrogens (tertiary/aromatic N) is 5. The molecule has 140 valence electrons. The second kappa shape index (κ2) is 7.66. The molecule has 0 saturated carbocycles. The van der Waals surface area contributed by atoms with Gasteiger partial charge in [-0.1, -0.05) is 42.5 Å². The minimum atomic E-state index is 0.737. The van der Waals surface area contributed by atoms with Crippen LogP contribution in [0.15, 0.2) is 54.6 Å². The van der Waals surface area contributed by atoms with E-state index in [9.17, 15) is 0 Å². The van der Waals surface area contributed by atoms with Gasteiger partial charge in [0.1, 0.15) is 0 Å². The summed E-state index contributed by atoms with van der Waals surface area (Å²) in [5, 5.41) is 4.83. The lowest BCUT2D eigenvalue weighted by atomic mass is 10.1. The van der Waals surface area contributed by atoms with Gasteiger partial charge in [-0.2, -0.15) is 5.10 Å². The first kappa shape index (κ1) is 17.9. The highest BCUT2D eigenvalue weighted by Crippen LogP contribution is 2.22. The average Bonchev–Trinajstić information content (AvgIpc) is 2.98. The standard InChI is InChI=1S/C21H25N5S/c1-17-8-6-7-11-19(17)20-22-26(21(27)23(20)2)16-24-12-14-25(15-13-24)18-9-4-3-5-10-18/h3-11H,12-16H2,1-2H3. The van der Waals surface area contributed by atoms with E-state index in [1.54, 1.807) is 0 Å². The number of benzene rings is 2. The Morgan fingerprint density at radius 3 is 2.30 bits per heavy atom. The molecule has 0 unspecified atom stereocenters. The summed E-state index contributed by atoms with van der Waals surface area (Å²) in [6.45, 7) is 6.91. The molecule has 5 nitrogen and oxygen atoms in total. The van der Waals surface area contributed by atoms with Crippen LogP contribution in [0.4, 0.5) is 5.69 Å². The van der Waals surface area contributed by atoms with E-state index in [1.807, 2.05) is 22.4 Å². The highest BCUT2D eigenvalue weighted by molar-refractivity contribution is 7.71. The summed E-state index contributed by atoms with van der Waals surface area (Å²) in [5.41, 5.74) is 3.65. The molecule has 2 heterocycles. The zero-order valence-corrected chi connectivity index (χ0v) is 16.7. The van der Waals surface area contributed by atoms with Crippen LogP contribution in [0.2, 0.25) is 0 Å². The van der Waals surface area contributed by atoms with Crippen LogP contribution >= 0.6 is 12.2 Å². The molecular formula is C21H25N5S. The number of rotatable bonds is 4. The van der Waals surface area contributed by atoms with E-state index in [4.69, 9.17) is 17.3 Å². The highest BCUT2D eigenvalue weighted by atomic mass is 32.1. The average molecular weight is 380 g/mol. The van der Waals surface area contributed by atoms with Crippen LogP contribution in [0.3, 0.4) is 0 Å². The third-order valence-electron chi connectivity index (χ3n) is 5.25. The summed E-state index contributed by atoms with van der Waals surface area (Å²) in [6, 6.07) is 18.9. The summed E-state index contributed by atoms with van der Waals surface area (Å²) < 4.78 is 4.73. The topological polar surface area (TPSA) is 29.2 Å². The second-order valence-corrected chi connectivity index (χ2v) is 7.43. The Kier molecular flexibility index (Phi) is 5.09. The minimum Gasteiger partial charge on any atom is -0.369 e. The van der Waals surface area contributed by atoms with Crippen LogP contribution in [-0.4, -0.2) is 45.4 Å². The smallest absolute Gasteiger partial charge is 0.199 e. The lowest BCUT2D eigenvalue weighted by molar-refractivity contribution is 0.194. The van der Waals surface area contributed by atoms with Crippen molar-refractivity contribution in [2.75, 3.05) is 31.1 Å². The number of piperazine rings is 1. The van der Waals surface area contributed by atoms with Gasteiger partial charge in [0.2, 0.25) is 0 Å². The molecule has 0 amide bonds. The SMILES string of the molecule is Cc1ccccc1-c1nn(CN2CCN(c3ccccc3)CC2)c(=S)n1C. The Morgan fingerprint density at radius 2 is 1.59 bits per heavy atom. The van der Waals surface area contributed by atoms with Crippen molar-refractivity contribution < 1.29 is 0 Å². The summed E-state index contributed by atoms with van der Waals surface area (Å²) in [5.74, 6) is 0.932. The van der Waals surface area contributed by atoms with E-state index in [1.165, 1.54) is 11.3 Å². The summed E-state index contributed by atoms with van der Waals surface area (Å²) in [6.07, 6.45) is 0. The fourth-order valence-electron chi connectivity index (χ4n) is 3.61. The van der Waals surface area contributed by atoms with Gasteiger partial charge in [0.05, 0.1) is 6.67 Å². The van der Waals surface area contributed by atoms with E-state index in [2.05, 4.69) is 65.3 Å². The third kappa shape index (κ3) is 3.68. The van der Waals surface area contributed by atoms with Crippen molar-refractivity contribution in [3.8, 4) is 11.4 Å². The zero-order chi connectivity index (χ0) is 18.8. The van der Waals surface area contributed by atoms with Gasteiger partial charge in [0, 0.05) is 44.5 Å². The molecule has 6 heteroatoms. The quantitative estimate of drug-likeness (QED) is 0.647. The molecule has 1 aliphatic heterocycles. The zero-order valence-electron chi connectivity index (χ0n) is 15.9. The Balaban J connectivity index is 1.47. The number of hydrogen-bond donors (Lipinski definition) is 0. The van der Waals surface area contributed by atoms with E-state index in [-0.39, 0.29) is 0 Å². The van der Waals surface area contributed by atoms with Gasteiger partial charge in [-0.15, -0.1) is 0 Å². The first-order chi connectivity index (χ1) is 13.1. The summed E-state index contributed by atoms with van der Waals surface area (Å²) in [4.78, 5) is 4.86. The van der Waals surface area contributed by atoms with Crippen molar-refractivity contribution in [1.82, 2.24) is 19.2 Å². The molecule has 0 bridgehead atoms. The lowest BCUT2D eigenvalue weighted by Crippen LogP contribution is -2.47. The van der Waals surface area contributed by atoms with Crippen molar-refractivity contribution in [3.63, 3.8) is 0 Å². The fourth-order valence-corrected chi connectivity index (χ4v) is 3.80. The Hall–Kier alpha value is -2.44. The molecule has 1 aromatic heterocycles. The summed E-state index contributed by atoms with van der Waals surface area (Å²) >= 11 is 5.65. The maximum atomic E-state index is 5.65. The van der Waals surface area contributed by atoms with Crippen molar-refractivity contribution in [3.05, 3.63) is 64.9 Å². The van der Waals surface area contributed by atoms with Crippen molar-refractivity contribution >= 4 is 17.9 Å². The maximum absolute atomic E-state index is 5.65. The van der Waals surface area contributed by atoms with Crippen LogP contribution in [0.25, 0.3) is 11.4 Å². The predicted octanol–water partition coefficient (Wildman–Crippen LogP) is 3.71. The van der Waals surface area contributed by atoms with Crippen LogP contribution < -0.4 is 4.90 Å². The van der Waals surface area contributed by atoms with Crippen molar-refractivity contribution in [2.24, 2.45) is 7.05 Å². The number of para-hydroxylation sites is 1. The predicted molar refractivity (Wildman–Crippen MR) is 112 cm³/mol. The van der Waals surface area contributed by atoms with Gasteiger partial charge >= 0.3 is 0 Å². The molecule has 4 rings (SSSR count). The van der Waals surface area contributed by atoms with Gasteiger partial charge in [-0.25, -0.2) is 4.68 Å². The minimum absolute atomic E-state index is 0.737. The maximum Gasteiger partial charge on any atom is 0.199 e.